The number of rotatable bonds is 4. The summed E-state index contributed by atoms with van der Waals surface area (Å²) in [5, 5.41) is 2.84. The number of likely N-dealkylation sites (tertiary alicyclic amines) is 1. The zero-order valence-electron chi connectivity index (χ0n) is 15.0. The second-order valence-electron chi connectivity index (χ2n) is 7.00. The number of piperazine rings is 1. The van der Waals surface area contributed by atoms with Crippen LogP contribution in [0.25, 0.3) is 0 Å². The highest BCUT2D eigenvalue weighted by atomic mass is 16.5. The smallest absolute Gasteiger partial charge is 0.237 e. The van der Waals surface area contributed by atoms with E-state index in [2.05, 4.69) is 12.2 Å². The van der Waals surface area contributed by atoms with Gasteiger partial charge in [-0.1, -0.05) is 17.7 Å². The van der Waals surface area contributed by atoms with Crippen LogP contribution in [0.5, 0.6) is 5.75 Å². The van der Waals surface area contributed by atoms with E-state index in [1.807, 2.05) is 41.1 Å². The lowest BCUT2D eigenvalue weighted by atomic mass is 10.0. The summed E-state index contributed by atoms with van der Waals surface area (Å²) in [6.45, 7) is 4.87. The first-order valence-electron chi connectivity index (χ1n) is 9.02. The van der Waals surface area contributed by atoms with E-state index in [-0.39, 0.29) is 30.4 Å². The number of amides is 2. The first-order valence-corrected chi connectivity index (χ1v) is 9.02. The van der Waals surface area contributed by atoms with Gasteiger partial charge in [-0.15, -0.1) is 0 Å². The zero-order valence-corrected chi connectivity index (χ0v) is 15.0. The molecule has 136 valence electrons. The summed E-state index contributed by atoms with van der Waals surface area (Å²) >= 11 is 0. The summed E-state index contributed by atoms with van der Waals surface area (Å²) in [5.41, 5.74) is 1.21. The number of ether oxygens (including phenoxy) is 1. The van der Waals surface area contributed by atoms with Crippen molar-refractivity contribution in [3.63, 3.8) is 0 Å². The van der Waals surface area contributed by atoms with Gasteiger partial charge in [0.2, 0.25) is 11.8 Å². The molecule has 2 amide bonds. The largest absolute Gasteiger partial charge is 0.490 e. The number of carbonyl (C=O) groups is 2. The molecule has 6 heteroatoms. The Morgan fingerprint density at radius 3 is 2.52 bits per heavy atom. The Morgan fingerprint density at radius 1 is 1.20 bits per heavy atom. The van der Waals surface area contributed by atoms with Crippen LogP contribution in [0.4, 0.5) is 0 Å². The SMILES string of the molecule is Cc1ccc(OC2CCN(C(=O)CC3C(=O)NCCN3C)CC2)cc1. The molecule has 1 unspecified atom stereocenters. The molecule has 0 saturated carbocycles. The van der Waals surface area contributed by atoms with Gasteiger partial charge in [-0.05, 0) is 26.1 Å². The number of aryl methyl sites for hydroxylation is 1. The van der Waals surface area contributed by atoms with E-state index in [1.54, 1.807) is 0 Å². The maximum atomic E-state index is 12.5. The Kier molecular flexibility index (Phi) is 5.58. The summed E-state index contributed by atoms with van der Waals surface area (Å²) < 4.78 is 6.01. The average molecular weight is 345 g/mol. The Balaban J connectivity index is 1.47. The molecular formula is C19H27N3O3. The molecule has 2 aliphatic heterocycles. The molecule has 0 aliphatic carbocycles. The van der Waals surface area contributed by atoms with Crippen LogP contribution in [0.3, 0.4) is 0 Å². The van der Waals surface area contributed by atoms with Crippen LogP contribution in [0.15, 0.2) is 24.3 Å². The molecule has 1 N–H and O–H groups in total. The third kappa shape index (κ3) is 4.51. The van der Waals surface area contributed by atoms with E-state index in [0.29, 0.717) is 19.6 Å². The third-order valence-electron chi connectivity index (χ3n) is 5.08. The van der Waals surface area contributed by atoms with Crippen molar-refractivity contribution in [2.75, 3.05) is 33.2 Å². The summed E-state index contributed by atoms with van der Waals surface area (Å²) in [6.07, 6.45) is 2.05. The molecule has 2 aliphatic rings. The van der Waals surface area contributed by atoms with Gasteiger partial charge in [0.25, 0.3) is 0 Å². The first kappa shape index (κ1) is 17.7. The normalized spacial score (nSPS) is 22.6. The molecule has 2 heterocycles. The standard InChI is InChI=1S/C19H27N3O3/c1-14-3-5-15(6-4-14)25-16-7-10-22(11-8-16)18(23)13-17-19(24)20-9-12-21(17)2/h3-6,16-17H,7-13H2,1-2H3,(H,20,24). The summed E-state index contributed by atoms with van der Waals surface area (Å²) in [7, 11) is 1.90. The predicted octanol–water partition coefficient (Wildman–Crippen LogP) is 1.19. The van der Waals surface area contributed by atoms with E-state index in [4.69, 9.17) is 4.74 Å². The number of hydrogen-bond acceptors (Lipinski definition) is 4. The molecule has 25 heavy (non-hydrogen) atoms. The lowest BCUT2D eigenvalue weighted by molar-refractivity contribution is -0.139. The summed E-state index contributed by atoms with van der Waals surface area (Å²) in [4.78, 5) is 28.3. The van der Waals surface area contributed by atoms with Crippen molar-refractivity contribution in [2.24, 2.45) is 0 Å². The molecule has 1 atom stereocenters. The minimum atomic E-state index is -0.345. The van der Waals surface area contributed by atoms with Crippen LogP contribution in [-0.2, 0) is 9.59 Å². The minimum Gasteiger partial charge on any atom is -0.490 e. The van der Waals surface area contributed by atoms with Crippen molar-refractivity contribution < 1.29 is 14.3 Å². The van der Waals surface area contributed by atoms with Gasteiger partial charge >= 0.3 is 0 Å². The van der Waals surface area contributed by atoms with Crippen molar-refractivity contribution in [3.05, 3.63) is 29.8 Å². The third-order valence-corrected chi connectivity index (χ3v) is 5.08. The molecule has 0 aromatic heterocycles. The highest BCUT2D eigenvalue weighted by Gasteiger charge is 2.32. The maximum absolute atomic E-state index is 12.5. The van der Waals surface area contributed by atoms with E-state index in [9.17, 15) is 9.59 Å². The molecule has 2 saturated heterocycles. The monoisotopic (exact) mass is 345 g/mol. The van der Waals surface area contributed by atoms with Gasteiger partial charge in [0.15, 0.2) is 0 Å². The van der Waals surface area contributed by atoms with E-state index >= 15 is 0 Å². The molecule has 0 radical (unpaired) electrons. The van der Waals surface area contributed by atoms with Crippen molar-refractivity contribution in [2.45, 2.75) is 38.3 Å². The molecule has 2 fully saturated rings. The topological polar surface area (TPSA) is 61.9 Å². The van der Waals surface area contributed by atoms with Crippen LogP contribution >= 0.6 is 0 Å². The lowest BCUT2D eigenvalue weighted by Gasteiger charge is -2.35. The molecule has 1 aromatic rings. The van der Waals surface area contributed by atoms with E-state index < -0.39 is 0 Å². The van der Waals surface area contributed by atoms with Crippen LogP contribution in [0.1, 0.15) is 24.8 Å². The van der Waals surface area contributed by atoms with Crippen molar-refractivity contribution in [1.29, 1.82) is 0 Å². The summed E-state index contributed by atoms with van der Waals surface area (Å²) in [6, 6.07) is 7.72. The quantitative estimate of drug-likeness (QED) is 0.890. The number of piperidine rings is 1. The number of hydrogen-bond donors (Lipinski definition) is 1. The van der Waals surface area contributed by atoms with Gasteiger partial charge in [-0.3, -0.25) is 14.5 Å². The predicted molar refractivity (Wildman–Crippen MR) is 95.5 cm³/mol. The van der Waals surface area contributed by atoms with E-state index in [1.165, 1.54) is 5.56 Å². The lowest BCUT2D eigenvalue weighted by Crippen LogP contribution is -2.55. The van der Waals surface area contributed by atoms with Gasteiger partial charge in [0.05, 0.1) is 12.5 Å². The second kappa shape index (κ2) is 7.87. The van der Waals surface area contributed by atoms with Crippen molar-refractivity contribution in [1.82, 2.24) is 15.1 Å². The van der Waals surface area contributed by atoms with Crippen LogP contribution in [0, 0.1) is 6.92 Å². The molecule has 0 spiro atoms. The number of nitrogens with one attached hydrogen (secondary N) is 1. The van der Waals surface area contributed by atoms with Crippen LogP contribution in [-0.4, -0.2) is 67.0 Å². The molecule has 0 bridgehead atoms. The van der Waals surface area contributed by atoms with Crippen LogP contribution in [0.2, 0.25) is 0 Å². The number of carbonyl (C=O) groups excluding carboxylic acids is 2. The van der Waals surface area contributed by atoms with Gasteiger partial charge in [0, 0.05) is 39.0 Å². The fourth-order valence-electron chi connectivity index (χ4n) is 3.40. The van der Waals surface area contributed by atoms with Gasteiger partial charge < -0.3 is 15.0 Å². The Morgan fingerprint density at radius 2 is 1.88 bits per heavy atom. The van der Waals surface area contributed by atoms with Gasteiger partial charge in [0.1, 0.15) is 11.9 Å². The molecular weight excluding hydrogens is 318 g/mol. The minimum absolute atomic E-state index is 0.0420. The highest BCUT2D eigenvalue weighted by molar-refractivity contribution is 5.88. The number of nitrogens with zero attached hydrogens (tertiary/aromatic N) is 2. The Labute approximate surface area is 149 Å². The fourth-order valence-corrected chi connectivity index (χ4v) is 3.40. The molecule has 6 nitrogen and oxygen atoms in total. The first-order chi connectivity index (χ1) is 12.0. The number of likely N-dealkylation sites (N-methyl/N-ethyl adjacent to an activating group) is 1. The Bertz CT molecular complexity index is 609. The maximum Gasteiger partial charge on any atom is 0.237 e. The molecule has 3 rings (SSSR count). The van der Waals surface area contributed by atoms with Crippen LogP contribution < -0.4 is 10.1 Å². The van der Waals surface area contributed by atoms with Gasteiger partial charge in [-0.25, -0.2) is 0 Å². The van der Waals surface area contributed by atoms with Crippen molar-refractivity contribution >= 4 is 11.8 Å². The highest BCUT2D eigenvalue weighted by Crippen LogP contribution is 2.20. The van der Waals surface area contributed by atoms with E-state index in [0.717, 1.165) is 25.1 Å². The fraction of sp³-hybridized carbons (Fsp3) is 0.579. The van der Waals surface area contributed by atoms with Crippen molar-refractivity contribution in [3.8, 4) is 5.75 Å². The molecule has 1 aromatic carbocycles. The van der Waals surface area contributed by atoms with Gasteiger partial charge in [-0.2, -0.15) is 0 Å². The second-order valence-corrected chi connectivity index (χ2v) is 7.00. The Hall–Kier alpha value is -2.08. The zero-order chi connectivity index (χ0) is 17.8. The number of benzene rings is 1. The average Bonchev–Trinajstić information content (AvgIpc) is 2.61. The summed E-state index contributed by atoms with van der Waals surface area (Å²) in [5.74, 6) is 0.901.